The van der Waals surface area contributed by atoms with Gasteiger partial charge in [-0.25, -0.2) is 0 Å². The van der Waals surface area contributed by atoms with Crippen LogP contribution in [0, 0.1) is 39.0 Å². The Labute approximate surface area is 544 Å². The Kier molecular flexibility index (Phi) is 12.4. The minimum Gasteiger partial charge on any atom is -0.309 e. The van der Waals surface area contributed by atoms with Gasteiger partial charge in [0.05, 0.1) is 49.7 Å². The van der Waals surface area contributed by atoms with Crippen LogP contribution < -0.4 is 0 Å². The van der Waals surface area contributed by atoms with Gasteiger partial charge in [-0.1, -0.05) is 181 Å². The third-order valence-electron chi connectivity index (χ3n) is 19.5. The Hall–Kier alpha value is -12.3. The third kappa shape index (κ3) is 8.45. The second kappa shape index (κ2) is 21.4. The van der Waals surface area contributed by atoms with Gasteiger partial charge >= 0.3 is 0 Å². The summed E-state index contributed by atoms with van der Waals surface area (Å²) in [6.45, 7) is 8.45. The molecular formula is C88H60N6. The van der Waals surface area contributed by atoms with Gasteiger partial charge < -0.3 is 18.3 Å². The van der Waals surface area contributed by atoms with Crippen LogP contribution in [0.5, 0.6) is 0 Å². The van der Waals surface area contributed by atoms with Gasteiger partial charge in [-0.05, 0) is 194 Å². The molecule has 0 saturated carbocycles. The van der Waals surface area contributed by atoms with Crippen LogP contribution in [0.15, 0.2) is 291 Å². The van der Waals surface area contributed by atoms with Crippen molar-refractivity contribution in [3.63, 3.8) is 0 Å². The zero-order valence-electron chi connectivity index (χ0n) is 52.4. The number of rotatable bonds is 9. The van der Waals surface area contributed by atoms with Gasteiger partial charge in [0.1, 0.15) is 6.07 Å². The molecular weight excluding hydrogens is 1140 g/mol. The lowest BCUT2D eigenvalue weighted by atomic mass is 9.75. The maximum atomic E-state index is 12.5. The number of para-hydroxylation sites is 6. The van der Waals surface area contributed by atoms with E-state index in [0.717, 1.165) is 134 Å². The third-order valence-corrected chi connectivity index (χ3v) is 19.5. The first-order valence-corrected chi connectivity index (χ1v) is 32.2. The van der Waals surface area contributed by atoms with Crippen LogP contribution in [0.25, 0.3) is 166 Å². The Balaban J connectivity index is 0.949. The van der Waals surface area contributed by atoms with Crippen molar-refractivity contribution in [2.45, 2.75) is 27.7 Å². The number of hydrogen-bond donors (Lipinski definition) is 0. The van der Waals surface area contributed by atoms with Gasteiger partial charge in [0.2, 0.25) is 0 Å². The lowest BCUT2D eigenvalue weighted by Gasteiger charge is -2.27. The molecule has 6 heteroatoms. The van der Waals surface area contributed by atoms with E-state index in [9.17, 15) is 5.26 Å². The summed E-state index contributed by atoms with van der Waals surface area (Å²) < 4.78 is 9.52. The number of aromatic nitrogens is 5. The van der Waals surface area contributed by atoms with Gasteiger partial charge in [0, 0.05) is 88.4 Å². The SMILES string of the molecule is Cc1ccc2c(c1)c1cc(C)ccc1n2-c1ccc(-c2c(C#N)c(-c3cc(C)nc(C)c3)c(-c3ccc(-n4c5ccccc5c5ccccc54)cc3)c(-c3ccc(-n4c5ccccc5c5ccccc54)cc3)c2-c2ccc(-n3c4ccccc4c4ccccc43)cc2)cc1. The molecule has 5 heterocycles. The first-order valence-electron chi connectivity index (χ1n) is 32.2. The van der Waals surface area contributed by atoms with Crippen molar-refractivity contribution >= 4 is 87.2 Å². The highest BCUT2D eigenvalue weighted by Gasteiger charge is 2.30. The van der Waals surface area contributed by atoms with Crippen molar-refractivity contribution in [3.05, 3.63) is 319 Å². The van der Waals surface area contributed by atoms with Crippen LogP contribution in [0.3, 0.4) is 0 Å². The molecule has 6 nitrogen and oxygen atoms in total. The molecule has 0 aliphatic rings. The van der Waals surface area contributed by atoms with Crippen LogP contribution in [0.1, 0.15) is 28.1 Å². The summed E-state index contributed by atoms with van der Waals surface area (Å²) in [5, 5.41) is 22.2. The lowest BCUT2D eigenvalue weighted by Crippen LogP contribution is -2.04. The maximum Gasteiger partial charge on any atom is 0.100 e. The minimum atomic E-state index is 0.578. The zero-order chi connectivity index (χ0) is 62.9. The Bertz CT molecular complexity index is 5940. The van der Waals surface area contributed by atoms with E-state index in [0.29, 0.717) is 5.56 Å². The number of nitriles is 1. The monoisotopic (exact) mass is 1200 g/mol. The van der Waals surface area contributed by atoms with Crippen LogP contribution in [0.2, 0.25) is 0 Å². The molecule has 0 radical (unpaired) electrons. The van der Waals surface area contributed by atoms with E-state index in [-0.39, 0.29) is 0 Å². The van der Waals surface area contributed by atoms with E-state index < -0.39 is 0 Å². The molecule has 0 bridgehead atoms. The van der Waals surface area contributed by atoms with E-state index >= 15 is 0 Å². The topological polar surface area (TPSA) is 56.4 Å². The minimum absolute atomic E-state index is 0.578. The van der Waals surface area contributed by atoms with Crippen molar-refractivity contribution in [3.8, 4) is 84.5 Å². The van der Waals surface area contributed by atoms with Crippen molar-refractivity contribution in [2.24, 2.45) is 0 Å². The molecule has 0 aliphatic carbocycles. The number of fused-ring (bicyclic) bond motifs is 12. The molecule has 5 aromatic heterocycles. The molecule has 94 heavy (non-hydrogen) atoms. The van der Waals surface area contributed by atoms with Crippen LogP contribution in [-0.2, 0) is 0 Å². The fourth-order valence-electron chi connectivity index (χ4n) is 15.5. The van der Waals surface area contributed by atoms with Gasteiger partial charge in [0.15, 0.2) is 0 Å². The standard InChI is InChI=1S/C88H60N6/c1-54-29-47-82-73(49-54)74-50-55(2)30-48-83(74)94(82)66-39-31-58(32-40-66)84-75(53-89)85(62-51-56(3)90-57(4)52-62)87(60-35-43-64(44-36-60)92-78-25-13-7-19-69(78)70-20-8-14-26-79(70)92)88(61-37-45-65(46-38-61)93-80-27-15-9-21-71(80)72-22-10-16-28-81(72)93)86(84)59-33-41-63(42-34-59)91-76-23-11-5-17-67(76)68-18-6-12-24-77(68)91/h5-52H,1-4H3. The second-order valence-corrected chi connectivity index (χ2v) is 25.2. The fourth-order valence-corrected chi connectivity index (χ4v) is 15.5. The highest BCUT2D eigenvalue weighted by Crippen LogP contribution is 2.54. The predicted molar refractivity (Wildman–Crippen MR) is 392 cm³/mol. The Morgan fingerprint density at radius 2 is 0.489 bits per heavy atom. The Morgan fingerprint density at radius 1 is 0.245 bits per heavy atom. The molecule has 0 N–H and O–H groups in total. The number of benzene rings is 13. The molecule has 0 saturated heterocycles. The highest BCUT2D eigenvalue weighted by molar-refractivity contribution is 6.15. The molecule has 0 fully saturated rings. The molecule has 0 atom stereocenters. The van der Waals surface area contributed by atoms with Gasteiger partial charge in [-0.3, -0.25) is 4.98 Å². The van der Waals surface area contributed by atoms with Crippen molar-refractivity contribution < 1.29 is 0 Å². The average Bonchev–Trinajstić information content (AvgIpc) is 1.55. The smallest absolute Gasteiger partial charge is 0.100 e. The summed E-state index contributed by atoms with van der Waals surface area (Å²) >= 11 is 0. The summed E-state index contributed by atoms with van der Waals surface area (Å²) in [4.78, 5) is 4.97. The van der Waals surface area contributed by atoms with E-state index in [1.165, 1.54) is 54.2 Å². The average molecular weight is 1200 g/mol. The van der Waals surface area contributed by atoms with Crippen LogP contribution in [-0.4, -0.2) is 23.3 Å². The number of pyridine rings is 1. The van der Waals surface area contributed by atoms with Crippen LogP contribution >= 0.6 is 0 Å². The summed E-state index contributed by atoms with van der Waals surface area (Å²) in [6.07, 6.45) is 0. The molecule has 0 aliphatic heterocycles. The van der Waals surface area contributed by atoms with E-state index in [1.54, 1.807) is 0 Å². The first kappa shape index (κ1) is 54.6. The molecule has 13 aromatic carbocycles. The second-order valence-electron chi connectivity index (χ2n) is 25.2. The summed E-state index contributed by atoms with van der Waals surface area (Å²) in [6, 6.07) is 109. The van der Waals surface area contributed by atoms with Crippen molar-refractivity contribution in [2.75, 3.05) is 0 Å². The van der Waals surface area contributed by atoms with E-state index in [1.807, 2.05) is 0 Å². The molecule has 0 unspecified atom stereocenters. The number of nitrogens with zero attached hydrogens (tertiary/aromatic N) is 6. The van der Waals surface area contributed by atoms with Gasteiger partial charge in [-0.15, -0.1) is 0 Å². The normalized spacial score (nSPS) is 11.8. The summed E-state index contributed by atoms with van der Waals surface area (Å²) in [5.41, 5.74) is 27.5. The molecule has 0 spiro atoms. The molecule has 442 valence electrons. The molecule has 18 aromatic rings. The summed E-state index contributed by atoms with van der Waals surface area (Å²) in [7, 11) is 0. The molecule has 18 rings (SSSR count). The quantitative estimate of drug-likeness (QED) is 0.145. The van der Waals surface area contributed by atoms with Crippen molar-refractivity contribution in [1.29, 1.82) is 5.26 Å². The number of hydrogen-bond acceptors (Lipinski definition) is 2. The lowest BCUT2D eigenvalue weighted by molar-refractivity contribution is 1.12. The first-order chi connectivity index (χ1) is 46.2. The van der Waals surface area contributed by atoms with Crippen LogP contribution in [0.4, 0.5) is 0 Å². The fraction of sp³-hybridized carbons (Fsp3) is 0.0455. The Morgan fingerprint density at radius 3 is 0.777 bits per heavy atom. The van der Waals surface area contributed by atoms with Gasteiger partial charge in [0.25, 0.3) is 0 Å². The maximum absolute atomic E-state index is 12.5. The zero-order valence-corrected chi connectivity index (χ0v) is 52.4. The largest absolute Gasteiger partial charge is 0.309 e. The highest BCUT2D eigenvalue weighted by atomic mass is 15.0. The van der Waals surface area contributed by atoms with Gasteiger partial charge in [-0.2, -0.15) is 5.26 Å². The van der Waals surface area contributed by atoms with E-state index in [2.05, 4.69) is 343 Å². The predicted octanol–water partition coefficient (Wildman–Crippen LogP) is 22.9. The van der Waals surface area contributed by atoms with Crippen molar-refractivity contribution in [1.82, 2.24) is 23.3 Å². The summed E-state index contributed by atoms with van der Waals surface area (Å²) in [5.74, 6) is 0. The number of aryl methyl sites for hydroxylation is 4. The van der Waals surface area contributed by atoms with E-state index in [4.69, 9.17) is 4.98 Å². The molecule has 0 amide bonds.